The second kappa shape index (κ2) is 4.09. The molecular weight excluding hydrogens is 234 g/mol. The zero-order valence-corrected chi connectivity index (χ0v) is 8.87. The van der Waals surface area contributed by atoms with Gasteiger partial charge in [0.25, 0.3) is 0 Å². The predicted octanol–water partition coefficient (Wildman–Crippen LogP) is 1.46. The molecule has 0 saturated heterocycles. The maximum Gasteiger partial charge on any atom is 0.134 e. The fraction of sp³-hybridized carbons (Fsp3) is 0.333. The van der Waals surface area contributed by atoms with E-state index in [4.69, 9.17) is 10.8 Å². The van der Waals surface area contributed by atoms with Crippen molar-refractivity contribution in [3.8, 4) is 5.75 Å². The monoisotopic (exact) mass is 245 g/mol. The molecule has 0 fully saturated rings. The van der Waals surface area contributed by atoms with E-state index in [1.807, 2.05) is 13.0 Å². The molecule has 13 heavy (non-hydrogen) atoms. The quantitative estimate of drug-likeness (QED) is 0.739. The van der Waals surface area contributed by atoms with E-state index in [1.165, 1.54) is 0 Å². The minimum atomic E-state index is -0.530. The second-order valence-electron chi connectivity index (χ2n) is 2.92. The molecule has 72 valence electrons. The predicted molar refractivity (Wildman–Crippen MR) is 54.6 cm³/mol. The van der Waals surface area contributed by atoms with E-state index in [0.717, 1.165) is 5.56 Å². The zero-order chi connectivity index (χ0) is 10.0. The summed E-state index contributed by atoms with van der Waals surface area (Å²) in [5.41, 5.74) is 7.11. The second-order valence-corrected chi connectivity index (χ2v) is 3.77. The summed E-state index contributed by atoms with van der Waals surface area (Å²) in [6.07, 6.45) is 0. The van der Waals surface area contributed by atoms with Crippen LogP contribution in [0.1, 0.15) is 17.2 Å². The van der Waals surface area contributed by atoms with Crippen LogP contribution >= 0.6 is 15.9 Å². The van der Waals surface area contributed by atoms with Gasteiger partial charge in [-0.3, -0.25) is 0 Å². The van der Waals surface area contributed by atoms with Gasteiger partial charge in [-0.1, -0.05) is 6.07 Å². The van der Waals surface area contributed by atoms with Crippen LogP contribution in [0, 0.1) is 6.92 Å². The highest BCUT2D eigenvalue weighted by Crippen LogP contribution is 2.33. The van der Waals surface area contributed by atoms with E-state index in [-0.39, 0.29) is 12.4 Å². The maximum atomic E-state index is 9.64. The SMILES string of the molecule is Cc1ccc(Br)c(O)c1C(N)CO. The molecular formula is C9H12BrNO2. The Balaban J connectivity index is 3.25. The molecule has 0 heterocycles. The summed E-state index contributed by atoms with van der Waals surface area (Å²) >= 11 is 3.19. The Bertz CT molecular complexity index is 315. The molecule has 4 N–H and O–H groups in total. The molecule has 0 bridgehead atoms. The summed E-state index contributed by atoms with van der Waals surface area (Å²) in [5, 5.41) is 18.5. The third-order valence-corrected chi connectivity index (χ3v) is 2.59. The largest absolute Gasteiger partial charge is 0.506 e. The van der Waals surface area contributed by atoms with E-state index in [2.05, 4.69) is 15.9 Å². The van der Waals surface area contributed by atoms with E-state index < -0.39 is 6.04 Å². The lowest BCUT2D eigenvalue weighted by molar-refractivity contribution is 0.264. The highest BCUT2D eigenvalue weighted by Gasteiger charge is 2.14. The Kier molecular flexibility index (Phi) is 3.30. The van der Waals surface area contributed by atoms with Crippen LogP contribution in [0.15, 0.2) is 16.6 Å². The van der Waals surface area contributed by atoms with Gasteiger partial charge in [-0.05, 0) is 34.5 Å². The number of nitrogens with two attached hydrogens (primary N) is 1. The van der Waals surface area contributed by atoms with Crippen LogP contribution < -0.4 is 5.73 Å². The lowest BCUT2D eigenvalue weighted by Crippen LogP contribution is -2.16. The maximum absolute atomic E-state index is 9.64. The number of rotatable bonds is 2. The standard InChI is InChI=1S/C9H12BrNO2/c1-5-2-3-6(10)9(13)8(5)7(11)4-12/h2-3,7,12-13H,4,11H2,1H3. The minimum Gasteiger partial charge on any atom is -0.506 e. The van der Waals surface area contributed by atoms with Crippen molar-refractivity contribution in [2.75, 3.05) is 6.61 Å². The first-order valence-corrected chi connectivity index (χ1v) is 4.71. The van der Waals surface area contributed by atoms with Crippen molar-refractivity contribution < 1.29 is 10.2 Å². The number of hydrogen-bond donors (Lipinski definition) is 3. The molecule has 0 amide bonds. The summed E-state index contributed by atoms with van der Waals surface area (Å²) in [7, 11) is 0. The molecule has 3 nitrogen and oxygen atoms in total. The highest BCUT2D eigenvalue weighted by atomic mass is 79.9. The number of benzene rings is 1. The van der Waals surface area contributed by atoms with Gasteiger partial charge in [0, 0.05) is 5.56 Å². The van der Waals surface area contributed by atoms with Crippen molar-refractivity contribution >= 4 is 15.9 Å². The van der Waals surface area contributed by atoms with Gasteiger partial charge in [0.05, 0.1) is 17.1 Å². The summed E-state index contributed by atoms with van der Waals surface area (Å²) in [6, 6.07) is 3.06. The highest BCUT2D eigenvalue weighted by molar-refractivity contribution is 9.10. The molecule has 0 aliphatic rings. The van der Waals surface area contributed by atoms with Crippen LogP contribution in [0.2, 0.25) is 0 Å². The Morgan fingerprint density at radius 2 is 2.15 bits per heavy atom. The molecule has 4 heteroatoms. The normalized spacial score (nSPS) is 12.9. The number of aryl methyl sites for hydroxylation is 1. The van der Waals surface area contributed by atoms with Crippen LogP contribution in [0.25, 0.3) is 0 Å². The summed E-state index contributed by atoms with van der Waals surface area (Å²) in [4.78, 5) is 0. The number of phenols is 1. The van der Waals surface area contributed by atoms with Gasteiger partial charge in [-0.25, -0.2) is 0 Å². The molecule has 1 aromatic rings. The molecule has 1 rings (SSSR count). The lowest BCUT2D eigenvalue weighted by atomic mass is 10.0. The molecule has 0 aliphatic carbocycles. The molecule has 1 atom stereocenters. The molecule has 0 radical (unpaired) electrons. The van der Waals surface area contributed by atoms with Crippen LogP contribution in [0.5, 0.6) is 5.75 Å². The van der Waals surface area contributed by atoms with E-state index in [9.17, 15) is 5.11 Å². The van der Waals surface area contributed by atoms with Gasteiger partial charge in [0.1, 0.15) is 5.75 Å². The molecule has 0 spiro atoms. The van der Waals surface area contributed by atoms with Crippen LogP contribution in [-0.4, -0.2) is 16.8 Å². The summed E-state index contributed by atoms with van der Waals surface area (Å²) < 4.78 is 0.594. The fourth-order valence-electron chi connectivity index (χ4n) is 1.24. The number of hydrogen-bond acceptors (Lipinski definition) is 3. The van der Waals surface area contributed by atoms with Gasteiger partial charge in [-0.2, -0.15) is 0 Å². The topological polar surface area (TPSA) is 66.5 Å². The minimum absolute atomic E-state index is 0.113. The Hall–Kier alpha value is -0.580. The average molecular weight is 246 g/mol. The number of phenolic OH excluding ortho intramolecular Hbond substituents is 1. The van der Waals surface area contributed by atoms with Crippen molar-refractivity contribution in [3.05, 3.63) is 27.7 Å². The van der Waals surface area contributed by atoms with Crippen molar-refractivity contribution in [3.63, 3.8) is 0 Å². The number of aromatic hydroxyl groups is 1. The number of halogens is 1. The van der Waals surface area contributed by atoms with Crippen molar-refractivity contribution in [1.82, 2.24) is 0 Å². The first-order valence-electron chi connectivity index (χ1n) is 3.92. The molecule has 1 aromatic carbocycles. The van der Waals surface area contributed by atoms with Crippen molar-refractivity contribution in [2.24, 2.45) is 5.73 Å². The molecule has 0 aliphatic heterocycles. The third-order valence-electron chi connectivity index (χ3n) is 1.95. The number of aliphatic hydroxyl groups excluding tert-OH is 1. The van der Waals surface area contributed by atoms with Crippen molar-refractivity contribution in [1.29, 1.82) is 0 Å². The van der Waals surface area contributed by atoms with Crippen LogP contribution in [-0.2, 0) is 0 Å². The zero-order valence-electron chi connectivity index (χ0n) is 7.29. The van der Waals surface area contributed by atoms with Gasteiger partial charge in [-0.15, -0.1) is 0 Å². The van der Waals surface area contributed by atoms with E-state index in [1.54, 1.807) is 6.07 Å². The fourth-order valence-corrected chi connectivity index (χ4v) is 1.59. The molecule has 1 unspecified atom stereocenters. The van der Waals surface area contributed by atoms with E-state index >= 15 is 0 Å². The number of aliphatic hydroxyl groups is 1. The van der Waals surface area contributed by atoms with Gasteiger partial charge < -0.3 is 15.9 Å². The molecule has 0 saturated carbocycles. The van der Waals surface area contributed by atoms with Gasteiger partial charge in [0.15, 0.2) is 0 Å². The lowest BCUT2D eigenvalue weighted by Gasteiger charge is -2.14. The van der Waals surface area contributed by atoms with Crippen molar-refractivity contribution in [2.45, 2.75) is 13.0 Å². The summed E-state index contributed by atoms with van der Waals surface area (Å²) in [6.45, 7) is 1.67. The summed E-state index contributed by atoms with van der Waals surface area (Å²) in [5.74, 6) is 0.113. The van der Waals surface area contributed by atoms with E-state index in [0.29, 0.717) is 10.0 Å². The first kappa shape index (κ1) is 10.5. The van der Waals surface area contributed by atoms with Gasteiger partial charge in [0.2, 0.25) is 0 Å². The third kappa shape index (κ3) is 2.02. The van der Waals surface area contributed by atoms with Crippen LogP contribution in [0.4, 0.5) is 0 Å². The van der Waals surface area contributed by atoms with Crippen LogP contribution in [0.3, 0.4) is 0 Å². The first-order chi connectivity index (χ1) is 6.07. The Morgan fingerprint density at radius 1 is 1.54 bits per heavy atom. The van der Waals surface area contributed by atoms with Gasteiger partial charge >= 0.3 is 0 Å². The smallest absolute Gasteiger partial charge is 0.134 e. The Labute approximate surface area is 85.3 Å². The average Bonchev–Trinajstić information content (AvgIpc) is 2.12. The molecule has 0 aromatic heterocycles. The Morgan fingerprint density at radius 3 is 2.69 bits per heavy atom.